The van der Waals surface area contributed by atoms with E-state index in [0.29, 0.717) is 11.3 Å². The molecule has 2 N–H and O–H groups in total. The highest BCUT2D eigenvalue weighted by atomic mass is 16.4. The van der Waals surface area contributed by atoms with E-state index in [9.17, 15) is 15.0 Å². The van der Waals surface area contributed by atoms with E-state index < -0.39 is 5.97 Å². The minimum absolute atomic E-state index is 0.207. The lowest BCUT2D eigenvalue weighted by molar-refractivity contribution is 0.0688. The van der Waals surface area contributed by atoms with Gasteiger partial charge in [-0.15, -0.1) is 0 Å². The number of aromatic nitrogens is 2. The molecule has 0 saturated carbocycles. The number of piperidine rings is 1. The van der Waals surface area contributed by atoms with E-state index in [1.807, 2.05) is 18.3 Å². The number of aliphatic hydroxyl groups is 1. The van der Waals surface area contributed by atoms with Crippen molar-refractivity contribution in [2.24, 2.45) is 0 Å². The summed E-state index contributed by atoms with van der Waals surface area (Å²) >= 11 is 0. The largest absolute Gasteiger partial charge is 0.477 e. The van der Waals surface area contributed by atoms with E-state index in [-0.39, 0.29) is 11.8 Å². The number of rotatable bonds is 2. The van der Waals surface area contributed by atoms with E-state index in [1.54, 1.807) is 11.3 Å². The van der Waals surface area contributed by atoms with Crippen molar-refractivity contribution in [1.82, 2.24) is 9.38 Å². The molecule has 106 valence electrons. The van der Waals surface area contributed by atoms with Gasteiger partial charge in [0.15, 0.2) is 5.69 Å². The Balaban J connectivity index is 2.01. The second kappa shape index (κ2) is 4.79. The second-order valence-corrected chi connectivity index (χ2v) is 5.18. The molecule has 0 unspecified atom stereocenters. The molecule has 1 aliphatic heterocycles. The molecular formula is C14H17N3O3. The number of aliphatic hydroxyl groups excluding tert-OH is 1. The van der Waals surface area contributed by atoms with Crippen molar-refractivity contribution in [3.05, 3.63) is 29.7 Å². The van der Waals surface area contributed by atoms with Crippen LogP contribution in [0, 0.1) is 6.92 Å². The highest BCUT2D eigenvalue weighted by Crippen LogP contribution is 2.22. The summed E-state index contributed by atoms with van der Waals surface area (Å²) in [6.07, 6.45) is 3.08. The fourth-order valence-electron chi connectivity index (χ4n) is 2.72. The number of imidazole rings is 1. The number of hydrogen-bond donors (Lipinski definition) is 2. The molecule has 20 heavy (non-hydrogen) atoms. The molecule has 1 aliphatic rings. The molecular weight excluding hydrogens is 258 g/mol. The summed E-state index contributed by atoms with van der Waals surface area (Å²) < 4.78 is 1.62. The van der Waals surface area contributed by atoms with Crippen molar-refractivity contribution in [2.75, 3.05) is 18.0 Å². The minimum Gasteiger partial charge on any atom is -0.477 e. The Morgan fingerprint density at radius 1 is 1.35 bits per heavy atom. The van der Waals surface area contributed by atoms with Crippen molar-refractivity contribution in [3.8, 4) is 0 Å². The number of carbonyl (C=O) groups is 1. The van der Waals surface area contributed by atoms with Gasteiger partial charge in [0.05, 0.1) is 17.5 Å². The molecule has 0 amide bonds. The van der Waals surface area contributed by atoms with Gasteiger partial charge in [0.25, 0.3) is 0 Å². The number of fused-ring (bicyclic) bond motifs is 1. The SMILES string of the molecule is Cc1nc2ccc(N3CCC(O)CC3)cn2c1C(=O)O. The van der Waals surface area contributed by atoms with E-state index in [4.69, 9.17) is 0 Å². The van der Waals surface area contributed by atoms with Crippen molar-refractivity contribution in [2.45, 2.75) is 25.9 Å². The topological polar surface area (TPSA) is 78.1 Å². The molecule has 2 aromatic rings. The predicted octanol–water partition coefficient (Wildman–Crippen LogP) is 1.30. The first kappa shape index (κ1) is 12.9. The fraction of sp³-hybridized carbons (Fsp3) is 0.429. The third-order valence-corrected chi connectivity index (χ3v) is 3.81. The van der Waals surface area contributed by atoms with Gasteiger partial charge in [-0.25, -0.2) is 9.78 Å². The van der Waals surface area contributed by atoms with Crippen molar-refractivity contribution in [1.29, 1.82) is 0 Å². The number of aryl methyl sites for hydroxylation is 1. The number of anilines is 1. The maximum atomic E-state index is 11.3. The van der Waals surface area contributed by atoms with Gasteiger partial charge < -0.3 is 15.1 Å². The quantitative estimate of drug-likeness (QED) is 0.863. The Bertz CT molecular complexity index is 657. The van der Waals surface area contributed by atoms with Crippen LogP contribution in [0.2, 0.25) is 0 Å². The van der Waals surface area contributed by atoms with Gasteiger partial charge in [0.1, 0.15) is 5.65 Å². The number of hydrogen-bond acceptors (Lipinski definition) is 4. The first-order valence-electron chi connectivity index (χ1n) is 6.71. The van der Waals surface area contributed by atoms with Crippen LogP contribution in [0.25, 0.3) is 5.65 Å². The highest BCUT2D eigenvalue weighted by Gasteiger charge is 2.20. The third-order valence-electron chi connectivity index (χ3n) is 3.81. The van der Waals surface area contributed by atoms with Gasteiger partial charge in [-0.3, -0.25) is 4.40 Å². The fourth-order valence-corrected chi connectivity index (χ4v) is 2.72. The zero-order chi connectivity index (χ0) is 14.3. The number of carboxylic acids is 1. The molecule has 0 atom stereocenters. The van der Waals surface area contributed by atoms with Gasteiger partial charge in [0.2, 0.25) is 0 Å². The smallest absolute Gasteiger partial charge is 0.354 e. The molecule has 1 fully saturated rings. The molecule has 0 radical (unpaired) electrons. The molecule has 3 rings (SSSR count). The van der Waals surface area contributed by atoms with Crippen LogP contribution in [0.4, 0.5) is 5.69 Å². The monoisotopic (exact) mass is 275 g/mol. The van der Waals surface area contributed by atoms with Crippen LogP contribution in [0.15, 0.2) is 18.3 Å². The van der Waals surface area contributed by atoms with Crippen LogP contribution in [0.5, 0.6) is 0 Å². The number of carboxylic acid groups (broad SMARTS) is 1. The Hall–Kier alpha value is -2.08. The van der Waals surface area contributed by atoms with E-state index >= 15 is 0 Å². The predicted molar refractivity (Wildman–Crippen MR) is 74.3 cm³/mol. The van der Waals surface area contributed by atoms with Crippen LogP contribution < -0.4 is 4.90 Å². The minimum atomic E-state index is -0.971. The summed E-state index contributed by atoms with van der Waals surface area (Å²) in [7, 11) is 0. The molecule has 0 spiro atoms. The summed E-state index contributed by atoms with van der Waals surface area (Å²) in [5.41, 5.74) is 2.33. The number of pyridine rings is 1. The van der Waals surface area contributed by atoms with Gasteiger partial charge >= 0.3 is 5.97 Å². The first-order valence-corrected chi connectivity index (χ1v) is 6.71. The average molecular weight is 275 g/mol. The number of nitrogens with zero attached hydrogens (tertiary/aromatic N) is 3. The van der Waals surface area contributed by atoms with E-state index in [0.717, 1.165) is 31.6 Å². The molecule has 1 saturated heterocycles. The lowest BCUT2D eigenvalue weighted by atomic mass is 10.1. The maximum absolute atomic E-state index is 11.3. The maximum Gasteiger partial charge on any atom is 0.354 e. The first-order chi connectivity index (χ1) is 9.56. The Kier molecular flexibility index (Phi) is 3.10. The third kappa shape index (κ3) is 2.12. The van der Waals surface area contributed by atoms with Gasteiger partial charge in [-0.05, 0) is 31.9 Å². The van der Waals surface area contributed by atoms with Gasteiger partial charge in [-0.2, -0.15) is 0 Å². The van der Waals surface area contributed by atoms with E-state index in [1.165, 1.54) is 0 Å². The van der Waals surface area contributed by atoms with Crippen LogP contribution in [0.3, 0.4) is 0 Å². The Labute approximate surface area is 116 Å². The van der Waals surface area contributed by atoms with Crippen LogP contribution >= 0.6 is 0 Å². The highest BCUT2D eigenvalue weighted by molar-refractivity contribution is 5.88. The summed E-state index contributed by atoms with van der Waals surface area (Å²) in [5.74, 6) is -0.971. The Morgan fingerprint density at radius 3 is 2.70 bits per heavy atom. The van der Waals surface area contributed by atoms with Crippen LogP contribution in [-0.2, 0) is 0 Å². The molecule has 6 nitrogen and oxygen atoms in total. The molecule has 0 aromatic carbocycles. The van der Waals surface area contributed by atoms with Crippen molar-refractivity contribution >= 4 is 17.3 Å². The second-order valence-electron chi connectivity index (χ2n) is 5.18. The summed E-state index contributed by atoms with van der Waals surface area (Å²) in [5, 5.41) is 18.8. The van der Waals surface area contributed by atoms with Gasteiger partial charge in [0, 0.05) is 19.3 Å². The number of aromatic carboxylic acids is 1. The van der Waals surface area contributed by atoms with E-state index in [2.05, 4.69) is 9.88 Å². The molecule has 3 heterocycles. The van der Waals surface area contributed by atoms with Crippen LogP contribution in [0.1, 0.15) is 29.0 Å². The lowest BCUT2D eigenvalue weighted by Crippen LogP contribution is -2.35. The molecule has 0 bridgehead atoms. The summed E-state index contributed by atoms with van der Waals surface area (Å²) in [4.78, 5) is 17.7. The summed E-state index contributed by atoms with van der Waals surface area (Å²) in [6, 6.07) is 3.78. The van der Waals surface area contributed by atoms with Gasteiger partial charge in [-0.1, -0.05) is 0 Å². The molecule has 6 heteroatoms. The Morgan fingerprint density at radius 2 is 2.05 bits per heavy atom. The lowest BCUT2D eigenvalue weighted by Gasteiger charge is -2.31. The zero-order valence-corrected chi connectivity index (χ0v) is 11.3. The zero-order valence-electron chi connectivity index (χ0n) is 11.3. The van der Waals surface area contributed by atoms with Crippen LogP contribution in [-0.4, -0.2) is 44.8 Å². The van der Waals surface area contributed by atoms with Crippen molar-refractivity contribution < 1.29 is 15.0 Å². The molecule has 0 aliphatic carbocycles. The van der Waals surface area contributed by atoms with Crippen molar-refractivity contribution in [3.63, 3.8) is 0 Å². The summed E-state index contributed by atoms with van der Waals surface area (Å²) in [6.45, 7) is 3.26. The molecule has 2 aromatic heterocycles. The average Bonchev–Trinajstić information content (AvgIpc) is 2.74. The standard InChI is InChI=1S/C14H17N3O3/c1-9-13(14(19)20)17-8-10(2-3-12(17)15-9)16-6-4-11(18)5-7-16/h2-3,8,11,18H,4-7H2,1H3,(H,19,20). The normalized spacial score (nSPS) is 16.8.